The molecule has 8 atom stereocenters. The number of nitrogens with one attached hydrogen (secondary N) is 2. The van der Waals surface area contributed by atoms with Gasteiger partial charge in [-0.05, 0) is 13.3 Å². The van der Waals surface area contributed by atoms with Crippen molar-refractivity contribution >= 4 is 29.1 Å². The monoisotopic (exact) mass is 483 g/mol. The van der Waals surface area contributed by atoms with Crippen LogP contribution in [0.25, 0.3) is 0 Å². The molecule has 3 aliphatic heterocycles. The van der Waals surface area contributed by atoms with Gasteiger partial charge in [0, 0.05) is 48.8 Å². The van der Waals surface area contributed by atoms with E-state index in [1.807, 2.05) is 25.7 Å². The minimum Gasteiger partial charge on any atom is -0.496 e. The van der Waals surface area contributed by atoms with Gasteiger partial charge in [0.05, 0.1) is 19.6 Å². The molecular formula is C22H30ClN3O5S. The van der Waals surface area contributed by atoms with Crippen molar-refractivity contribution in [1.29, 1.82) is 0 Å². The molecule has 8 nitrogen and oxygen atoms in total. The summed E-state index contributed by atoms with van der Waals surface area (Å²) in [6.07, 6.45) is -0.331. The Morgan fingerprint density at radius 1 is 1.28 bits per heavy atom. The standard InChI is InChI=1S/C22H30ClN3O5S/c1-9-6-11-15(18(26(3)25-11)12-8-32-10(2)24-12)20(27)22(9)21(28)16-13(29-4)7-14(30-5)17(23)19(16)31-22/h7,9-12,15,18,20,24-25,27H,6,8H2,1-5H3/t9-,10?,11?,12?,15?,18?,20?,22+/m1/s1. The Kier molecular flexibility index (Phi) is 5.58. The number of likely N-dealkylation sites (N-methyl/N-ethyl adjacent to an activating group) is 1. The lowest BCUT2D eigenvalue weighted by molar-refractivity contribution is -0.112. The van der Waals surface area contributed by atoms with E-state index in [-0.39, 0.29) is 52.1 Å². The third kappa shape index (κ3) is 2.95. The van der Waals surface area contributed by atoms with Gasteiger partial charge in [-0.1, -0.05) is 18.5 Å². The first kappa shape index (κ1) is 22.6. The molecule has 0 radical (unpaired) electrons. The molecule has 2 saturated heterocycles. The molecule has 1 aliphatic carbocycles. The summed E-state index contributed by atoms with van der Waals surface area (Å²) in [4.78, 5) is 14.0. The van der Waals surface area contributed by atoms with Gasteiger partial charge in [-0.2, -0.15) is 0 Å². The van der Waals surface area contributed by atoms with Crippen LogP contribution in [0.15, 0.2) is 6.07 Å². The van der Waals surface area contributed by atoms with E-state index < -0.39 is 11.7 Å². The summed E-state index contributed by atoms with van der Waals surface area (Å²) in [6.45, 7) is 4.11. The molecular weight excluding hydrogens is 454 g/mol. The summed E-state index contributed by atoms with van der Waals surface area (Å²) in [5.41, 5.74) is 2.40. The lowest BCUT2D eigenvalue weighted by Gasteiger charge is -2.48. The maximum atomic E-state index is 14.0. The summed E-state index contributed by atoms with van der Waals surface area (Å²) in [6, 6.07) is 1.86. The molecule has 0 amide bonds. The van der Waals surface area contributed by atoms with Gasteiger partial charge in [0.15, 0.2) is 5.75 Å². The molecule has 3 fully saturated rings. The van der Waals surface area contributed by atoms with E-state index in [2.05, 4.69) is 22.7 Å². The van der Waals surface area contributed by atoms with Crippen LogP contribution < -0.4 is 25.0 Å². The van der Waals surface area contributed by atoms with Crippen molar-refractivity contribution in [1.82, 2.24) is 15.8 Å². The van der Waals surface area contributed by atoms with Gasteiger partial charge in [0.2, 0.25) is 11.4 Å². The minimum absolute atomic E-state index is 0.0174. The molecule has 0 bridgehead atoms. The number of ether oxygens (including phenoxy) is 3. The fourth-order valence-electron chi connectivity index (χ4n) is 6.20. The van der Waals surface area contributed by atoms with Crippen LogP contribution in [0, 0.1) is 11.8 Å². The first-order valence-corrected chi connectivity index (χ1v) is 12.4. The zero-order valence-corrected chi connectivity index (χ0v) is 20.4. The smallest absolute Gasteiger partial charge is 0.216 e. The van der Waals surface area contributed by atoms with Crippen molar-refractivity contribution in [3.05, 3.63) is 16.7 Å². The second kappa shape index (κ2) is 7.92. The number of carbonyl (C=O) groups excluding carboxylic acids is 1. The predicted molar refractivity (Wildman–Crippen MR) is 123 cm³/mol. The number of hydrazine groups is 1. The van der Waals surface area contributed by atoms with Crippen LogP contribution in [-0.2, 0) is 0 Å². The number of nitrogens with zero attached hydrogens (tertiary/aromatic N) is 1. The van der Waals surface area contributed by atoms with Crippen LogP contribution in [0.3, 0.4) is 0 Å². The third-order valence-electron chi connectivity index (χ3n) is 7.65. The molecule has 1 aromatic rings. The van der Waals surface area contributed by atoms with Gasteiger partial charge < -0.3 is 24.6 Å². The summed E-state index contributed by atoms with van der Waals surface area (Å²) in [7, 11) is 5.01. The Balaban J connectivity index is 1.57. The predicted octanol–water partition coefficient (Wildman–Crippen LogP) is 1.93. The van der Waals surface area contributed by atoms with Crippen molar-refractivity contribution < 1.29 is 24.1 Å². The number of rotatable bonds is 3. The van der Waals surface area contributed by atoms with Crippen LogP contribution in [0.5, 0.6) is 17.2 Å². The highest BCUT2D eigenvalue weighted by Crippen LogP contribution is 2.56. The first-order valence-electron chi connectivity index (χ1n) is 11.0. The van der Waals surface area contributed by atoms with Gasteiger partial charge in [-0.15, -0.1) is 11.8 Å². The fourth-order valence-corrected chi connectivity index (χ4v) is 7.52. The summed E-state index contributed by atoms with van der Waals surface area (Å²) in [5, 5.41) is 18.2. The highest BCUT2D eigenvalue weighted by Gasteiger charge is 2.67. The van der Waals surface area contributed by atoms with Crippen LogP contribution >= 0.6 is 23.4 Å². The molecule has 3 N–H and O–H groups in total. The van der Waals surface area contributed by atoms with E-state index in [9.17, 15) is 9.90 Å². The van der Waals surface area contributed by atoms with E-state index >= 15 is 0 Å². The summed E-state index contributed by atoms with van der Waals surface area (Å²) >= 11 is 8.42. The summed E-state index contributed by atoms with van der Waals surface area (Å²) in [5.74, 6) is 1.18. The number of aliphatic hydroxyl groups excluding tert-OH is 1. The number of aliphatic hydroxyl groups is 1. The van der Waals surface area contributed by atoms with E-state index in [0.717, 1.165) is 5.75 Å². The summed E-state index contributed by atoms with van der Waals surface area (Å²) < 4.78 is 17.3. The zero-order chi connectivity index (χ0) is 22.9. The van der Waals surface area contributed by atoms with Gasteiger partial charge in [0.1, 0.15) is 28.2 Å². The van der Waals surface area contributed by atoms with Crippen LogP contribution in [-0.4, -0.2) is 78.1 Å². The van der Waals surface area contributed by atoms with Crippen molar-refractivity contribution in [3.8, 4) is 17.2 Å². The van der Waals surface area contributed by atoms with E-state index in [4.69, 9.17) is 25.8 Å². The highest BCUT2D eigenvalue weighted by molar-refractivity contribution is 8.00. The van der Waals surface area contributed by atoms with Crippen molar-refractivity contribution in [2.45, 2.75) is 55.5 Å². The SMILES string of the molecule is COc1cc(OC)c2c(c1Cl)O[C@]1(C2=O)C(O)C2C(C[C@H]1C)NN(C)C2C1CSC(C)N1. The largest absolute Gasteiger partial charge is 0.496 e. The molecule has 1 saturated carbocycles. The van der Waals surface area contributed by atoms with E-state index in [0.29, 0.717) is 23.3 Å². The number of hydrogen-bond acceptors (Lipinski definition) is 9. The first-order chi connectivity index (χ1) is 15.2. The van der Waals surface area contributed by atoms with Crippen LogP contribution in [0.1, 0.15) is 30.6 Å². The molecule has 6 unspecified atom stereocenters. The van der Waals surface area contributed by atoms with Crippen molar-refractivity contribution in [3.63, 3.8) is 0 Å². The van der Waals surface area contributed by atoms with Crippen LogP contribution in [0.2, 0.25) is 5.02 Å². The molecule has 4 aliphatic rings. The Morgan fingerprint density at radius 3 is 2.62 bits per heavy atom. The highest BCUT2D eigenvalue weighted by atomic mass is 35.5. The average Bonchev–Trinajstić information content (AvgIpc) is 3.42. The normalized spacial score (nSPS) is 41.0. The molecule has 176 valence electrons. The number of Topliss-reactive ketones (excluding diaryl/α,β-unsaturated/α-hetero) is 1. The van der Waals surface area contributed by atoms with Crippen molar-refractivity contribution in [2.24, 2.45) is 11.8 Å². The van der Waals surface area contributed by atoms with Crippen molar-refractivity contribution in [2.75, 3.05) is 27.0 Å². The average molecular weight is 484 g/mol. The molecule has 0 aromatic heterocycles. The second-order valence-electron chi connectivity index (χ2n) is 9.27. The fraction of sp³-hybridized carbons (Fsp3) is 0.682. The Hall–Kier alpha value is -1.23. The molecule has 5 rings (SSSR count). The molecule has 10 heteroatoms. The Bertz CT molecular complexity index is 951. The number of benzene rings is 1. The number of thioether (sulfide) groups is 1. The molecule has 32 heavy (non-hydrogen) atoms. The number of ketones is 1. The molecule has 3 heterocycles. The van der Waals surface area contributed by atoms with Gasteiger partial charge in [-0.3, -0.25) is 10.2 Å². The quantitative estimate of drug-likeness (QED) is 0.596. The molecule has 1 aromatic carbocycles. The maximum Gasteiger partial charge on any atom is 0.216 e. The van der Waals surface area contributed by atoms with E-state index in [1.165, 1.54) is 14.2 Å². The maximum absolute atomic E-state index is 14.0. The Labute approximate surface area is 197 Å². The number of methoxy groups -OCH3 is 2. The zero-order valence-electron chi connectivity index (χ0n) is 18.8. The number of halogens is 1. The lowest BCUT2D eigenvalue weighted by Crippen LogP contribution is -2.66. The number of hydrogen-bond donors (Lipinski definition) is 3. The van der Waals surface area contributed by atoms with Crippen LogP contribution in [0.4, 0.5) is 0 Å². The number of fused-ring (bicyclic) bond motifs is 2. The van der Waals surface area contributed by atoms with Gasteiger partial charge in [0.25, 0.3) is 0 Å². The van der Waals surface area contributed by atoms with Gasteiger partial charge >= 0.3 is 0 Å². The third-order valence-corrected chi connectivity index (χ3v) is 9.20. The topological polar surface area (TPSA) is 92.3 Å². The Morgan fingerprint density at radius 2 is 2.00 bits per heavy atom. The lowest BCUT2D eigenvalue weighted by atomic mass is 9.63. The molecule has 1 spiro atoms. The number of carbonyl (C=O) groups is 1. The van der Waals surface area contributed by atoms with E-state index in [1.54, 1.807) is 6.07 Å². The van der Waals surface area contributed by atoms with Gasteiger partial charge in [-0.25, -0.2) is 5.01 Å². The second-order valence-corrected chi connectivity index (χ2v) is 11.0. The minimum atomic E-state index is -1.42.